The van der Waals surface area contributed by atoms with Crippen molar-refractivity contribution < 1.29 is 4.39 Å². The number of nitrogens with zero attached hydrogens (tertiary/aromatic N) is 1. The van der Waals surface area contributed by atoms with Gasteiger partial charge in [0.2, 0.25) is 0 Å². The second-order valence-corrected chi connectivity index (χ2v) is 4.10. The Balaban J connectivity index is 4.64. The molecule has 3 nitrogen and oxygen atoms in total. The molecular weight excluding hydrogens is 217 g/mol. The first-order chi connectivity index (χ1) is 7.88. The summed E-state index contributed by atoms with van der Waals surface area (Å²) in [7, 11) is 0. The van der Waals surface area contributed by atoms with Crippen LogP contribution < -0.4 is 11.5 Å². The standard InChI is InChI=1S/C13H22FN3/c1-5-9(2)7-6-8-12(17-11(4)14)13(16)10(3)15/h5,9H,1,3,6-8,15-16H2,2,4H3/b13-12+,17-11+. The molecule has 0 radical (unpaired) electrons. The molecule has 0 aromatic carbocycles. The zero-order valence-electron chi connectivity index (χ0n) is 10.7. The monoisotopic (exact) mass is 239 g/mol. The lowest BCUT2D eigenvalue weighted by Crippen LogP contribution is -2.11. The van der Waals surface area contributed by atoms with Crippen LogP contribution in [0.3, 0.4) is 0 Å². The molecule has 4 N–H and O–H groups in total. The zero-order valence-corrected chi connectivity index (χ0v) is 10.7. The number of nitrogens with two attached hydrogens (primary N) is 2. The molecule has 0 amide bonds. The summed E-state index contributed by atoms with van der Waals surface area (Å²) >= 11 is 0. The summed E-state index contributed by atoms with van der Waals surface area (Å²) in [5, 5.41) is 0. The van der Waals surface area contributed by atoms with E-state index in [1.165, 1.54) is 6.92 Å². The van der Waals surface area contributed by atoms with Crippen LogP contribution in [-0.2, 0) is 0 Å². The van der Waals surface area contributed by atoms with Crippen LogP contribution in [-0.4, -0.2) is 5.97 Å². The van der Waals surface area contributed by atoms with Crippen LogP contribution in [0.25, 0.3) is 0 Å². The van der Waals surface area contributed by atoms with Crippen molar-refractivity contribution in [2.75, 3.05) is 0 Å². The van der Waals surface area contributed by atoms with Gasteiger partial charge >= 0.3 is 0 Å². The summed E-state index contributed by atoms with van der Waals surface area (Å²) in [6, 6.07) is 0. The van der Waals surface area contributed by atoms with Gasteiger partial charge in [0.05, 0.1) is 11.4 Å². The fourth-order valence-corrected chi connectivity index (χ4v) is 1.33. The van der Waals surface area contributed by atoms with E-state index in [0.717, 1.165) is 12.8 Å². The molecule has 0 aliphatic heterocycles. The Bertz CT molecular complexity index is 339. The van der Waals surface area contributed by atoms with Crippen LogP contribution in [0, 0.1) is 5.92 Å². The quantitative estimate of drug-likeness (QED) is 0.407. The Kier molecular flexibility index (Phi) is 6.94. The van der Waals surface area contributed by atoms with E-state index in [2.05, 4.69) is 25.1 Å². The molecule has 4 heteroatoms. The third-order valence-electron chi connectivity index (χ3n) is 2.42. The highest BCUT2D eigenvalue weighted by molar-refractivity contribution is 5.73. The fraction of sp³-hybridized carbons (Fsp3) is 0.462. The van der Waals surface area contributed by atoms with Crippen molar-refractivity contribution in [1.82, 2.24) is 0 Å². The van der Waals surface area contributed by atoms with Crippen LogP contribution >= 0.6 is 0 Å². The van der Waals surface area contributed by atoms with Gasteiger partial charge in [0.25, 0.3) is 0 Å². The van der Waals surface area contributed by atoms with E-state index in [-0.39, 0.29) is 11.4 Å². The predicted octanol–water partition coefficient (Wildman–Crippen LogP) is 3.01. The average Bonchev–Trinajstić information content (AvgIpc) is 2.25. The van der Waals surface area contributed by atoms with Crippen molar-refractivity contribution in [1.29, 1.82) is 0 Å². The number of halogens is 1. The highest BCUT2D eigenvalue weighted by atomic mass is 19.1. The first-order valence-corrected chi connectivity index (χ1v) is 5.65. The summed E-state index contributed by atoms with van der Waals surface area (Å²) in [5.41, 5.74) is 12.2. The van der Waals surface area contributed by atoms with E-state index >= 15 is 0 Å². The molecule has 96 valence electrons. The fourth-order valence-electron chi connectivity index (χ4n) is 1.33. The van der Waals surface area contributed by atoms with Crippen molar-refractivity contribution in [3.8, 4) is 0 Å². The highest BCUT2D eigenvalue weighted by Gasteiger charge is 2.06. The van der Waals surface area contributed by atoms with E-state index in [0.29, 0.717) is 18.0 Å². The summed E-state index contributed by atoms with van der Waals surface area (Å²) in [6.45, 7) is 10.6. The van der Waals surface area contributed by atoms with Gasteiger partial charge < -0.3 is 11.5 Å². The van der Waals surface area contributed by atoms with Gasteiger partial charge in [-0.05, 0) is 25.2 Å². The molecule has 0 rings (SSSR count). The zero-order chi connectivity index (χ0) is 13.4. The minimum Gasteiger partial charge on any atom is -0.397 e. The van der Waals surface area contributed by atoms with Crippen molar-refractivity contribution in [2.45, 2.75) is 33.1 Å². The molecule has 1 atom stereocenters. The lowest BCUT2D eigenvalue weighted by Gasteiger charge is -2.09. The molecule has 0 saturated heterocycles. The van der Waals surface area contributed by atoms with Crippen molar-refractivity contribution in [3.05, 3.63) is 36.3 Å². The van der Waals surface area contributed by atoms with Crippen molar-refractivity contribution >= 4 is 5.97 Å². The van der Waals surface area contributed by atoms with Gasteiger partial charge in [-0.3, -0.25) is 0 Å². The maximum Gasteiger partial charge on any atom is 0.186 e. The Morgan fingerprint density at radius 2 is 2.06 bits per heavy atom. The van der Waals surface area contributed by atoms with Crippen LogP contribution in [0.2, 0.25) is 0 Å². The van der Waals surface area contributed by atoms with E-state index in [4.69, 9.17) is 11.5 Å². The van der Waals surface area contributed by atoms with Gasteiger partial charge in [-0.15, -0.1) is 6.58 Å². The number of aliphatic imine (C=N–C) groups is 1. The van der Waals surface area contributed by atoms with Crippen LogP contribution in [0.4, 0.5) is 4.39 Å². The van der Waals surface area contributed by atoms with Gasteiger partial charge in [0.1, 0.15) is 0 Å². The van der Waals surface area contributed by atoms with Gasteiger partial charge in [-0.25, -0.2) is 4.99 Å². The Hall–Kier alpha value is -1.58. The molecule has 0 fully saturated rings. The number of allylic oxidation sites excluding steroid dienone is 2. The molecule has 0 aromatic rings. The first-order valence-electron chi connectivity index (χ1n) is 5.65. The van der Waals surface area contributed by atoms with E-state index in [1.807, 2.05) is 6.08 Å². The summed E-state index contributed by atoms with van der Waals surface area (Å²) < 4.78 is 12.8. The lowest BCUT2D eigenvalue weighted by atomic mass is 10.0. The molecule has 0 bridgehead atoms. The summed E-state index contributed by atoms with van der Waals surface area (Å²) in [6.07, 6.45) is 4.28. The summed E-state index contributed by atoms with van der Waals surface area (Å²) in [4.78, 5) is 3.76. The van der Waals surface area contributed by atoms with E-state index in [1.54, 1.807) is 0 Å². The third kappa shape index (κ3) is 6.56. The molecule has 0 saturated carbocycles. The van der Waals surface area contributed by atoms with Gasteiger partial charge in [0, 0.05) is 12.6 Å². The number of rotatable bonds is 7. The molecule has 0 spiro atoms. The SMILES string of the molecule is C=CC(C)CCCC(/N=C(\C)F)=C(\N)C(=C)N. The van der Waals surface area contributed by atoms with Gasteiger partial charge in [0.15, 0.2) is 5.97 Å². The largest absolute Gasteiger partial charge is 0.397 e. The minimum atomic E-state index is -0.527. The van der Waals surface area contributed by atoms with E-state index < -0.39 is 5.97 Å². The normalized spacial score (nSPS) is 15.1. The maximum absolute atomic E-state index is 12.8. The van der Waals surface area contributed by atoms with E-state index in [9.17, 15) is 4.39 Å². The second kappa shape index (κ2) is 7.65. The first kappa shape index (κ1) is 15.4. The smallest absolute Gasteiger partial charge is 0.186 e. The molecule has 17 heavy (non-hydrogen) atoms. The molecule has 0 aromatic heterocycles. The second-order valence-electron chi connectivity index (χ2n) is 4.10. The van der Waals surface area contributed by atoms with Crippen LogP contribution in [0.1, 0.15) is 33.1 Å². The Morgan fingerprint density at radius 3 is 2.47 bits per heavy atom. The topological polar surface area (TPSA) is 64.4 Å². The van der Waals surface area contributed by atoms with Crippen LogP contribution in [0.15, 0.2) is 41.3 Å². The Labute approximate surface area is 103 Å². The third-order valence-corrected chi connectivity index (χ3v) is 2.42. The maximum atomic E-state index is 12.8. The van der Waals surface area contributed by atoms with Gasteiger partial charge in [-0.1, -0.05) is 19.6 Å². The lowest BCUT2D eigenvalue weighted by molar-refractivity contribution is 0.602. The predicted molar refractivity (Wildman–Crippen MR) is 72.0 cm³/mol. The molecular formula is C13H22FN3. The molecule has 0 heterocycles. The van der Waals surface area contributed by atoms with Gasteiger partial charge in [-0.2, -0.15) is 4.39 Å². The number of hydrogen-bond acceptors (Lipinski definition) is 3. The summed E-state index contributed by atoms with van der Waals surface area (Å²) in [5.74, 6) is -0.102. The molecule has 1 unspecified atom stereocenters. The Morgan fingerprint density at radius 1 is 1.47 bits per heavy atom. The minimum absolute atomic E-state index is 0.224. The number of hydrogen-bond donors (Lipinski definition) is 2. The average molecular weight is 239 g/mol. The van der Waals surface area contributed by atoms with Crippen molar-refractivity contribution in [3.63, 3.8) is 0 Å². The molecule has 0 aliphatic carbocycles. The molecule has 0 aliphatic rings. The van der Waals surface area contributed by atoms with Crippen LogP contribution in [0.5, 0.6) is 0 Å². The van der Waals surface area contributed by atoms with Crippen molar-refractivity contribution in [2.24, 2.45) is 22.4 Å². The highest BCUT2D eigenvalue weighted by Crippen LogP contribution is 2.17.